The van der Waals surface area contributed by atoms with Crippen LogP contribution in [-0.4, -0.2) is 11.6 Å². The van der Waals surface area contributed by atoms with Crippen molar-refractivity contribution in [3.63, 3.8) is 0 Å². The Labute approximate surface area is 118 Å². The minimum atomic E-state index is -0.328. The van der Waals surface area contributed by atoms with Gasteiger partial charge in [-0.05, 0) is 44.7 Å². The van der Waals surface area contributed by atoms with E-state index < -0.39 is 0 Å². The van der Waals surface area contributed by atoms with Gasteiger partial charge >= 0.3 is 5.97 Å². The molecule has 0 aliphatic carbocycles. The van der Waals surface area contributed by atoms with Crippen molar-refractivity contribution in [2.24, 2.45) is 0 Å². The van der Waals surface area contributed by atoms with E-state index in [1.54, 1.807) is 0 Å². The Bertz CT molecular complexity index is 375. The Kier molecular flexibility index (Phi) is 8.13. The largest absolute Gasteiger partial charge is 0.460 e. The number of carbonyl (C=O) groups is 1. The minimum Gasteiger partial charge on any atom is -0.460 e. The van der Waals surface area contributed by atoms with E-state index in [-0.39, 0.29) is 11.6 Å². The fourth-order valence-electron chi connectivity index (χ4n) is 1.85. The molecule has 0 atom stereocenters. The van der Waals surface area contributed by atoms with Gasteiger partial charge in [-0.1, -0.05) is 44.5 Å². The summed E-state index contributed by atoms with van der Waals surface area (Å²) >= 11 is 0. The van der Waals surface area contributed by atoms with Crippen molar-refractivity contribution >= 4 is 5.97 Å². The molecule has 0 aliphatic heterocycles. The van der Waals surface area contributed by atoms with Crippen LogP contribution in [0.1, 0.15) is 59.1 Å². The number of carbonyl (C=O) groups excluding carboxylic acids is 1. The molecular weight excluding hydrogens is 236 g/mol. The van der Waals surface area contributed by atoms with Crippen molar-refractivity contribution in [2.75, 3.05) is 0 Å². The van der Waals surface area contributed by atoms with Crippen molar-refractivity contribution in [2.45, 2.75) is 66.4 Å². The molecule has 0 amide bonds. The smallest absolute Gasteiger partial charge is 0.303 e. The molecule has 0 fully saturated rings. The van der Waals surface area contributed by atoms with E-state index in [9.17, 15) is 4.79 Å². The monoisotopic (exact) mass is 264 g/mol. The molecule has 0 saturated carbocycles. The molecule has 0 saturated heterocycles. The first-order valence-corrected chi connectivity index (χ1v) is 7.06. The number of hydrogen-bond donors (Lipinski definition) is 0. The van der Waals surface area contributed by atoms with Crippen molar-refractivity contribution in [1.82, 2.24) is 0 Å². The molecule has 0 bridgehead atoms. The predicted molar refractivity (Wildman–Crippen MR) is 81.3 cm³/mol. The van der Waals surface area contributed by atoms with E-state index in [2.05, 4.69) is 38.1 Å². The Hall–Kier alpha value is -1.31. The Morgan fingerprint density at radius 1 is 1.11 bits per heavy atom. The van der Waals surface area contributed by atoms with Crippen LogP contribution in [0, 0.1) is 0 Å². The van der Waals surface area contributed by atoms with Gasteiger partial charge in [0.25, 0.3) is 0 Å². The lowest BCUT2D eigenvalue weighted by atomic mass is 10.0. The highest BCUT2D eigenvalue weighted by Gasteiger charge is 2.11. The van der Waals surface area contributed by atoms with E-state index in [0.717, 1.165) is 6.42 Å². The molecule has 2 heteroatoms. The maximum Gasteiger partial charge on any atom is 0.303 e. The quantitative estimate of drug-likeness (QED) is 0.749. The summed E-state index contributed by atoms with van der Waals surface area (Å²) in [7, 11) is 0. The second-order valence-corrected chi connectivity index (χ2v) is 5.58. The molecule has 1 aromatic carbocycles. The first kappa shape index (κ1) is 17.7. The van der Waals surface area contributed by atoms with Crippen LogP contribution in [0.15, 0.2) is 24.3 Å². The van der Waals surface area contributed by atoms with Crippen LogP contribution in [0.3, 0.4) is 0 Å². The maximum absolute atomic E-state index is 10.2. The molecule has 19 heavy (non-hydrogen) atoms. The van der Waals surface area contributed by atoms with Gasteiger partial charge in [0.2, 0.25) is 0 Å². The Morgan fingerprint density at radius 3 is 1.95 bits per heavy atom. The zero-order valence-corrected chi connectivity index (χ0v) is 13.2. The summed E-state index contributed by atoms with van der Waals surface area (Å²) < 4.78 is 4.80. The van der Waals surface area contributed by atoms with Crippen LogP contribution >= 0.6 is 0 Å². The molecule has 0 heterocycles. The standard InChI is InChI=1S/C11H16.C6H12O2/c1-3-7-11-9-6-5-8-10(11)4-2;1-5(7)8-6(2,3)4/h5-6,8-9H,3-4,7H2,1-2H3;1-4H3. The second-order valence-electron chi connectivity index (χ2n) is 5.58. The maximum atomic E-state index is 10.2. The van der Waals surface area contributed by atoms with Gasteiger partial charge in [-0.3, -0.25) is 4.79 Å². The number of aryl methyl sites for hydroxylation is 2. The fraction of sp³-hybridized carbons (Fsp3) is 0.588. The SMILES string of the molecule is CC(=O)OC(C)(C)C.CCCc1ccccc1CC. The van der Waals surface area contributed by atoms with Crippen LogP contribution in [0.2, 0.25) is 0 Å². The molecule has 0 N–H and O–H groups in total. The predicted octanol–water partition coefficient (Wildman–Crippen LogP) is 4.55. The second kappa shape index (κ2) is 8.73. The number of rotatable bonds is 3. The lowest BCUT2D eigenvalue weighted by Crippen LogP contribution is -2.21. The molecule has 2 nitrogen and oxygen atoms in total. The van der Waals surface area contributed by atoms with Gasteiger partial charge < -0.3 is 4.74 Å². The van der Waals surface area contributed by atoms with E-state index in [0.29, 0.717) is 0 Å². The van der Waals surface area contributed by atoms with Crippen LogP contribution in [0.4, 0.5) is 0 Å². The molecule has 0 radical (unpaired) electrons. The third kappa shape index (κ3) is 9.29. The Morgan fingerprint density at radius 2 is 1.63 bits per heavy atom. The first-order chi connectivity index (χ1) is 8.80. The third-order valence-electron chi connectivity index (χ3n) is 2.47. The van der Waals surface area contributed by atoms with Crippen LogP contribution in [-0.2, 0) is 22.4 Å². The highest BCUT2D eigenvalue weighted by atomic mass is 16.6. The van der Waals surface area contributed by atoms with Gasteiger partial charge in [-0.2, -0.15) is 0 Å². The molecule has 0 unspecified atom stereocenters. The third-order valence-corrected chi connectivity index (χ3v) is 2.47. The molecule has 1 aromatic rings. The van der Waals surface area contributed by atoms with Gasteiger partial charge in [0.05, 0.1) is 0 Å². The van der Waals surface area contributed by atoms with E-state index in [4.69, 9.17) is 4.74 Å². The number of hydrogen-bond acceptors (Lipinski definition) is 2. The van der Waals surface area contributed by atoms with Gasteiger partial charge in [0.1, 0.15) is 5.60 Å². The van der Waals surface area contributed by atoms with Crippen LogP contribution in [0.5, 0.6) is 0 Å². The summed E-state index contributed by atoms with van der Waals surface area (Å²) in [4.78, 5) is 10.2. The normalized spacial score (nSPS) is 10.4. The summed E-state index contributed by atoms with van der Waals surface area (Å²) in [6, 6.07) is 8.72. The molecule has 0 aromatic heterocycles. The van der Waals surface area contributed by atoms with Gasteiger partial charge in [-0.25, -0.2) is 0 Å². The number of benzene rings is 1. The summed E-state index contributed by atoms with van der Waals surface area (Å²) in [5.74, 6) is -0.225. The summed E-state index contributed by atoms with van der Waals surface area (Å²) in [5.41, 5.74) is 2.71. The van der Waals surface area contributed by atoms with E-state index in [1.165, 1.54) is 30.9 Å². The van der Waals surface area contributed by atoms with Gasteiger partial charge in [0, 0.05) is 6.92 Å². The Balaban J connectivity index is 0.000000362. The highest BCUT2D eigenvalue weighted by molar-refractivity contribution is 5.66. The average Bonchev–Trinajstić information content (AvgIpc) is 2.27. The topological polar surface area (TPSA) is 26.3 Å². The molecular formula is C17H28O2. The van der Waals surface area contributed by atoms with Gasteiger partial charge in [-0.15, -0.1) is 0 Å². The van der Waals surface area contributed by atoms with Gasteiger partial charge in [0.15, 0.2) is 0 Å². The summed E-state index contributed by atoms with van der Waals surface area (Å²) in [6.45, 7) is 11.4. The van der Waals surface area contributed by atoms with Crippen LogP contribution in [0.25, 0.3) is 0 Å². The lowest BCUT2D eigenvalue weighted by molar-refractivity contribution is -0.151. The van der Waals surface area contributed by atoms with Crippen molar-refractivity contribution < 1.29 is 9.53 Å². The van der Waals surface area contributed by atoms with Crippen molar-refractivity contribution in [1.29, 1.82) is 0 Å². The average molecular weight is 264 g/mol. The molecule has 108 valence electrons. The summed E-state index contributed by atoms with van der Waals surface area (Å²) in [5, 5.41) is 0. The zero-order valence-electron chi connectivity index (χ0n) is 13.2. The zero-order chi connectivity index (χ0) is 14.9. The van der Waals surface area contributed by atoms with Crippen molar-refractivity contribution in [3.8, 4) is 0 Å². The molecule has 0 spiro atoms. The lowest BCUT2D eigenvalue weighted by Gasteiger charge is -2.17. The van der Waals surface area contributed by atoms with Crippen LogP contribution < -0.4 is 0 Å². The fourth-order valence-corrected chi connectivity index (χ4v) is 1.85. The minimum absolute atomic E-state index is 0.225. The van der Waals surface area contributed by atoms with Crippen molar-refractivity contribution in [3.05, 3.63) is 35.4 Å². The van der Waals surface area contributed by atoms with E-state index >= 15 is 0 Å². The highest BCUT2D eigenvalue weighted by Crippen LogP contribution is 2.10. The first-order valence-electron chi connectivity index (χ1n) is 7.06. The number of esters is 1. The van der Waals surface area contributed by atoms with E-state index in [1.807, 2.05) is 20.8 Å². The molecule has 1 rings (SSSR count). The molecule has 0 aliphatic rings. The summed E-state index contributed by atoms with van der Waals surface area (Å²) in [6.07, 6.45) is 3.64. The number of ether oxygens (including phenoxy) is 1.